The molecule has 17 rings (SSSR count). The standard InChI is InChI=1S/C72H49NO10S2.C21H19O5P/c1-45-22-27-49(28-23-45)71(61-16-7-3-12-56(61)57-13-4-8-17-62(57)71)50-29-35-53(36-30-50)79-65-20-11-21-66(60(65)44-73)80-54-37-31-51(32-38-54)72(63-18-9-5-14-58(63)59-15-6-10-19-64(59)72)52-33-39-55(40-34-52)81-67-41-26-48(43-69(67)85(76,77)78)70(74)47-25-24-46(2)68(42-47)84-83-82-75;1-23-14-25-15-11-12-19(24-2)21(13-15)27(22)20-10-6-4-8-17(20)16-7-3-5-9-18(16)26-27/h3-43,75H,1-2H3,(H,76,77,78);3-13H,14H2,1-2H3. The summed E-state index contributed by atoms with van der Waals surface area (Å²) in [6.45, 7) is 3.97. The summed E-state index contributed by atoms with van der Waals surface area (Å²) in [4.78, 5) is 13.5. The van der Waals surface area contributed by atoms with E-state index in [2.05, 4.69) is 132 Å². The van der Waals surface area contributed by atoms with Crippen molar-refractivity contribution >= 4 is 45.9 Å². The van der Waals surface area contributed by atoms with Gasteiger partial charge in [-0.2, -0.15) is 13.7 Å². The number of aryl methyl sites for hydroxylation is 2. The number of para-hydroxylation sites is 1. The van der Waals surface area contributed by atoms with Gasteiger partial charge in [-0.1, -0.05) is 223 Å². The molecule has 19 heteroatoms. The number of hydrogen-bond acceptors (Lipinski definition) is 16. The Morgan fingerprint density at radius 1 is 0.473 bits per heavy atom. The van der Waals surface area contributed by atoms with Gasteiger partial charge in [-0.15, -0.1) is 4.33 Å². The molecule has 1 aliphatic heterocycles. The van der Waals surface area contributed by atoms with Crippen molar-refractivity contribution in [2.45, 2.75) is 34.5 Å². The average Bonchev–Trinajstić information content (AvgIpc) is 1.60. The second kappa shape index (κ2) is 30.7. The summed E-state index contributed by atoms with van der Waals surface area (Å²) >= 11 is 0.690. The summed E-state index contributed by atoms with van der Waals surface area (Å²) in [7, 11) is -5.26. The molecular weight excluding hydrogens is 1470 g/mol. The Kier molecular flexibility index (Phi) is 20.1. The van der Waals surface area contributed by atoms with Crippen molar-refractivity contribution in [3.63, 3.8) is 0 Å². The molecule has 14 aromatic rings. The molecular formula is C93H68NO15PS2. The molecule has 0 fully saturated rings. The van der Waals surface area contributed by atoms with Crippen LogP contribution in [0.4, 0.5) is 0 Å². The minimum atomic E-state index is -4.90. The zero-order valence-electron chi connectivity index (χ0n) is 60.6. The molecule has 0 amide bonds. The molecule has 0 bridgehead atoms. The van der Waals surface area contributed by atoms with Crippen LogP contribution in [-0.2, 0) is 39.6 Å². The van der Waals surface area contributed by atoms with Gasteiger partial charge in [0.15, 0.2) is 12.6 Å². The van der Waals surface area contributed by atoms with Gasteiger partial charge in [-0.3, -0.25) is 13.9 Å². The Balaban J connectivity index is 0.000000295. The first-order valence-corrected chi connectivity index (χ1v) is 39.4. The number of carbonyl (C=O) groups excluding carboxylic acids is 1. The van der Waals surface area contributed by atoms with E-state index in [1.807, 2.05) is 121 Å². The monoisotopic (exact) mass is 1530 g/mol. The summed E-state index contributed by atoms with van der Waals surface area (Å²) in [5.74, 6) is 2.85. The van der Waals surface area contributed by atoms with Gasteiger partial charge >= 0.3 is 7.37 Å². The molecule has 1 heterocycles. The Morgan fingerprint density at radius 3 is 1.40 bits per heavy atom. The van der Waals surface area contributed by atoms with Gasteiger partial charge in [0.05, 0.1) is 40.6 Å². The lowest BCUT2D eigenvalue weighted by atomic mass is 9.67. The van der Waals surface area contributed by atoms with Crippen LogP contribution in [0, 0.1) is 25.2 Å². The third-order valence-corrected chi connectivity index (χ3v) is 24.6. The first kappa shape index (κ1) is 73.5. The van der Waals surface area contributed by atoms with Crippen LogP contribution in [0.5, 0.6) is 51.7 Å². The van der Waals surface area contributed by atoms with Crippen molar-refractivity contribution in [3.05, 3.63) is 388 Å². The second-order valence-electron chi connectivity index (χ2n) is 26.9. The molecule has 1 unspecified atom stereocenters. The lowest BCUT2D eigenvalue weighted by Gasteiger charge is -2.34. The Morgan fingerprint density at radius 2 is 0.911 bits per heavy atom. The van der Waals surface area contributed by atoms with Crippen molar-refractivity contribution in [2.24, 2.45) is 0 Å². The maximum atomic E-state index is 14.2. The van der Waals surface area contributed by atoms with Gasteiger partial charge in [0.2, 0.25) is 0 Å². The summed E-state index contributed by atoms with van der Waals surface area (Å²) in [6, 6.07) is 102. The van der Waals surface area contributed by atoms with Crippen molar-refractivity contribution in [2.75, 3.05) is 21.0 Å². The molecule has 552 valence electrons. The Bertz CT molecular complexity index is 6090. The molecule has 1 atom stereocenters. The van der Waals surface area contributed by atoms with Crippen molar-refractivity contribution < 1.29 is 69.9 Å². The molecule has 14 aromatic carbocycles. The smallest absolute Gasteiger partial charge is 0.311 e. The number of rotatable bonds is 21. The van der Waals surface area contributed by atoms with Crippen LogP contribution in [0.1, 0.15) is 77.1 Å². The average molecular weight is 1530 g/mol. The number of fused-ring (bicyclic) bond motifs is 9. The van der Waals surface area contributed by atoms with E-state index in [9.17, 15) is 27.6 Å². The topological polar surface area (TPSA) is 216 Å². The van der Waals surface area contributed by atoms with E-state index in [1.165, 1.54) is 51.6 Å². The number of benzene rings is 14. The van der Waals surface area contributed by atoms with Crippen LogP contribution in [0.25, 0.3) is 33.4 Å². The molecule has 0 saturated carbocycles. The number of carbonyl (C=O) groups is 1. The van der Waals surface area contributed by atoms with Crippen LogP contribution >= 0.6 is 19.4 Å². The zero-order chi connectivity index (χ0) is 77.3. The molecule has 0 radical (unpaired) electrons. The number of methoxy groups -OCH3 is 2. The fourth-order valence-corrected chi connectivity index (χ4v) is 19.1. The fraction of sp³-hybridized carbons (Fsp3) is 0.0753. The van der Waals surface area contributed by atoms with Crippen molar-refractivity contribution in [1.82, 2.24) is 0 Å². The van der Waals surface area contributed by atoms with E-state index in [4.69, 9.17) is 38.2 Å². The first-order chi connectivity index (χ1) is 54.6. The van der Waals surface area contributed by atoms with E-state index in [1.54, 1.807) is 81.8 Å². The van der Waals surface area contributed by atoms with Crippen molar-refractivity contribution in [3.8, 4) is 91.2 Å². The first-order valence-electron chi connectivity index (χ1n) is 35.6. The Labute approximate surface area is 651 Å². The van der Waals surface area contributed by atoms with E-state index in [0.29, 0.717) is 67.8 Å². The SMILES string of the molecule is COCOc1ccc(OC)c(P2(=O)Oc3ccccc3-c3ccccc32)c1.Cc1ccc(C2(c3ccc(Oc4cccc(Oc5ccc(C6(c7ccc(Oc8ccc(C(=O)c9ccc(C)c(SOOO)c9)cc8S(=O)(=O)O)cc7)c7ccccc7-c7ccccc76)cc5)c4C#N)cc3)c3ccccc3-c3ccccc32)cc1. The molecule has 3 aliphatic rings. The van der Waals surface area contributed by atoms with Crippen LogP contribution in [0.15, 0.2) is 325 Å². The maximum absolute atomic E-state index is 14.2. The fourth-order valence-electron chi connectivity index (χ4n) is 15.5. The van der Waals surface area contributed by atoms with Gasteiger partial charge < -0.3 is 32.9 Å². The van der Waals surface area contributed by atoms with E-state index < -0.39 is 39.0 Å². The lowest BCUT2D eigenvalue weighted by Crippen LogP contribution is -2.28. The molecule has 0 spiro atoms. The van der Waals surface area contributed by atoms with Gasteiger partial charge in [0, 0.05) is 28.7 Å². The van der Waals surface area contributed by atoms with Gasteiger partial charge in [0.1, 0.15) is 68.3 Å². The summed E-state index contributed by atoms with van der Waals surface area (Å²) < 4.78 is 96.4. The predicted octanol–water partition coefficient (Wildman–Crippen LogP) is 21.2. The summed E-state index contributed by atoms with van der Waals surface area (Å²) in [5.41, 5.74) is 15.8. The summed E-state index contributed by atoms with van der Waals surface area (Å²) in [5, 5.41) is 24.2. The third-order valence-electron chi connectivity index (χ3n) is 20.6. The van der Waals surface area contributed by atoms with Gasteiger partial charge in [-0.25, -0.2) is 5.26 Å². The van der Waals surface area contributed by atoms with Crippen molar-refractivity contribution in [1.29, 1.82) is 5.26 Å². The number of nitrogens with zero attached hydrogens (tertiary/aromatic N) is 1. The number of nitriles is 1. The second-order valence-corrected chi connectivity index (χ2v) is 31.3. The largest absolute Gasteiger partial charge is 0.496 e. The van der Waals surface area contributed by atoms with Crippen LogP contribution < -0.4 is 38.8 Å². The van der Waals surface area contributed by atoms with Crippen LogP contribution in [-0.4, -0.2) is 45.0 Å². The maximum Gasteiger partial charge on any atom is 0.311 e. The van der Waals surface area contributed by atoms with E-state index >= 15 is 0 Å². The highest BCUT2D eigenvalue weighted by Crippen LogP contribution is 2.60. The third kappa shape index (κ3) is 13.2. The molecule has 2 N–H and O–H groups in total. The molecule has 2 aliphatic carbocycles. The Hall–Kier alpha value is -12.6. The van der Waals surface area contributed by atoms with Gasteiger partial charge in [-0.05, 0) is 195 Å². The quantitative estimate of drug-likeness (QED) is 0.0130. The number of ether oxygens (including phenoxy) is 6. The predicted molar refractivity (Wildman–Crippen MR) is 430 cm³/mol. The minimum Gasteiger partial charge on any atom is -0.496 e. The molecule has 112 heavy (non-hydrogen) atoms. The zero-order valence-corrected chi connectivity index (χ0v) is 63.2. The van der Waals surface area contributed by atoms with E-state index in [-0.39, 0.29) is 35.0 Å². The van der Waals surface area contributed by atoms with Gasteiger partial charge in [0.25, 0.3) is 10.1 Å². The number of ketones is 1. The molecule has 16 nitrogen and oxygen atoms in total. The van der Waals surface area contributed by atoms with Crippen LogP contribution in [0.3, 0.4) is 0 Å². The minimum absolute atomic E-state index is 0.0255. The lowest BCUT2D eigenvalue weighted by molar-refractivity contribution is -0.432. The highest BCUT2D eigenvalue weighted by atomic mass is 32.2. The highest BCUT2D eigenvalue weighted by molar-refractivity contribution is 7.94. The normalized spacial score (nSPS) is 14.2. The molecule has 0 saturated heterocycles. The van der Waals surface area contributed by atoms with Crippen LogP contribution in [0.2, 0.25) is 0 Å². The number of hydrogen-bond donors (Lipinski definition) is 2. The highest BCUT2D eigenvalue weighted by Gasteiger charge is 2.48. The molecule has 0 aromatic heterocycles. The summed E-state index contributed by atoms with van der Waals surface area (Å²) in [6.07, 6.45) is 0. The van der Waals surface area contributed by atoms with E-state index in [0.717, 1.165) is 61.7 Å².